The summed E-state index contributed by atoms with van der Waals surface area (Å²) in [6.07, 6.45) is 0. The second-order valence-corrected chi connectivity index (χ2v) is 7.00. The number of aryl methyl sites for hydroxylation is 1. The Morgan fingerprint density at radius 1 is 1.23 bits per heavy atom. The van der Waals surface area contributed by atoms with E-state index >= 15 is 0 Å². The van der Waals surface area contributed by atoms with Crippen molar-refractivity contribution in [3.05, 3.63) is 17.7 Å². The Morgan fingerprint density at radius 3 is 2.45 bits per heavy atom. The Bertz CT molecular complexity index is 690. The fraction of sp³-hybridized carbons (Fsp3) is 0.462. The Balaban J connectivity index is 1.98. The summed E-state index contributed by atoms with van der Waals surface area (Å²) in [7, 11) is -3.92. The summed E-state index contributed by atoms with van der Waals surface area (Å²) in [6.45, 7) is 4.77. The van der Waals surface area contributed by atoms with Gasteiger partial charge in [0.2, 0.25) is 0 Å². The molecule has 120 valence electrons. The van der Waals surface area contributed by atoms with E-state index in [1.54, 1.807) is 13.0 Å². The van der Waals surface area contributed by atoms with Crippen molar-refractivity contribution in [3.63, 3.8) is 0 Å². The molecule has 2 heterocycles. The molecule has 0 atom stereocenters. The first-order chi connectivity index (χ1) is 10.4. The number of nitrogens with one attached hydrogen (secondary N) is 2. The molecule has 1 aromatic rings. The molecule has 0 radical (unpaired) electrons. The summed E-state index contributed by atoms with van der Waals surface area (Å²) in [5, 5.41) is 13.5. The molecule has 8 nitrogen and oxygen atoms in total. The Hall–Kier alpha value is -2.00. The molecule has 0 aliphatic carbocycles. The third-order valence-corrected chi connectivity index (χ3v) is 5.19. The maximum Gasteiger partial charge on any atom is 0.326 e. The van der Waals surface area contributed by atoms with E-state index in [-0.39, 0.29) is 18.0 Å². The zero-order chi connectivity index (χ0) is 15.9. The van der Waals surface area contributed by atoms with E-state index in [2.05, 4.69) is 10.2 Å². The molecule has 2 fully saturated rings. The van der Waals surface area contributed by atoms with Crippen molar-refractivity contribution in [1.29, 1.82) is 0 Å². The van der Waals surface area contributed by atoms with Crippen molar-refractivity contribution in [3.8, 4) is 5.75 Å². The van der Waals surface area contributed by atoms with Crippen molar-refractivity contribution in [1.82, 2.24) is 10.0 Å². The van der Waals surface area contributed by atoms with Crippen LogP contribution in [0.15, 0.2) is 12.1 Å². The van der Waals surface area contributed by atoms with Gasteiger partial charge in [-0.2, -0.15) is 8.42 Å². The number of benzene rings is 1. The summed E-state index contributed by atoms with van der Waals surface area (Å²) in [5.74, 6) is -0.751. The molecular formula is C13H18N4O4S. The zero-order valence-electron chi connectivity index (χ0n) is 12.2. The fourth-order valence-electron chi connectivity index (χ4n) is 2.82. The van der Waals surface area contributed by atoms with E-state index in [1.165, 1.54) is 0 Å². The van der Waals surface area contributed by atoms with Crippen LogP contribution < -0.4 is 19.2 Å². The maximum absolute atomic E-state index is 11.9. The molecule has 3 rings (SSSR count). The topological polar surface area (TPSA) is 102 Å². The summed E-state index contributed by atoms with van der Waals surface area (Å²) in [4.78, 5) is 13.5. The minimum Gasteiger partial charge on any atom is -0.506 e. The summed E-state index contributed by atoms with van der Waals surface area (Å²) in [5.41, 5.74) is 1.60. The molecule has 1 amide bonds. The second-order valence-electron chi connectivity index (χ2n) is 5.40. The Kier molecular flexibility index (Phi) is 3.61. The largest absolute Gasteiger partial charge is 0.506 e. The zero-order valence-corrected chi connectivity index (χ0v) is 13.0. The Labute approximate surface area is 128 Å². The van der Waals surface area contributed by atoms with Crippen molar-refractivity contribution in [2.45, 2.75) is 6.92 Å². The number of aromatic hydroxyl groups is 1. The molecule has 0 bridgehead atoms. The molecule has 2 aliphatic heterocycles. The standard InChI is InChI=1S/C13H18N4O4S/c1-9-6-10(16-4-2-14-3-5-16)7-11(18)13(9)17-8-12(19)15-22(17,20)21/h6-7,14,18H,2-5,8H2,1H3,(H,15,19). The van der Waals surface area contributed by atoms with Crippen LogP contribution in [0.5, 0.6) is 5.75 Å². The molecule has 22 heavy (non-hydrogen) atoms. The van der Waals surface area contributed by atoms with E-state index in [0.29, 0.717) is 5.56 Å². The molecule has 0 saturated carbocycles. The predicted octanol–water partition coefficient (Wildman–Crippen LogP) is -0.709. The third kappa shape index (κ3) is 2.57. The van der Waals surface area contributed by atoms with Crippen LogP contribution in [-0.2, 0) is 15.0 Å². The van der Waals surface area contributed by atoms with Crippen LogP contribution >= 0.6 is 0 Å². The molecule has 2 saturated heterocycles. The lowest BCUT2D eigenvalue weighted by atomic mass is 10.1. The molecule has 0 aromatic heterocycles. The van der Waals surface area contributed by atoms with E-state index in [1.807, 2.05) is 10.8 Å². The van der Waals surface area contributed by atoms with Crippen LogP contribution in [0.4, 0.5) is 11.4 Å². The monoisotopic (exact) mass is 326 g/mol. The average Bonchev–Trinajstić information content (AvgIpc) is 2.72. The highest BCUT2D eigenvalue weighted by molar-refractivity contribution is 7.92. The molecule has 1 aromatic carbocycles. The van der Waals surface area contributed by atoms with Gasteiger partial charge in [0.15, 0.2) is 0 Å². The van der Waals surface area contributed by atoms with Crippen LogP contribution in [-0.4, -0.2) is 52.2 Å². The van der Waals surface area contributed by atoms with Gasteiger partial charge in [-0.05, 0) is 18.6 Å². The van der Waals surface area contributed by atoms with Gasteiger partial charge in [0.05, 0.1) is 5.69 Å². The number of carbonyl (C=O) groups is 1. The smallest absolute Gasteiger partial charge is 0.326 e. The van der Waals surface area contributed by atoms with Gasteiger partial charge in [-0.3, -0.25) is 4.79 Å². The molecule has 9 heteroatoms. The van der Waals surface area contributed by atoms with Crippen molar-refractivity contribution in [2.24, 2.45) is 0 Å². The van der Waals surface area contributed by atoms with Crippen LogP contribution in [0.1, 0.15) is 5.56 Å². The first-order valence-corrected chi connectivity index (χ1v) is 8.45. The summed E-state index contributed by atoms with van der Waals surface area (Å²) in [6, 6.07) is 3.38. The normalized spacial score (nSPS) is 21.0. The van der Waals surface area contributed by atoms with Gasteiger partial charge in [0.25, 0.3) is 5.91 Å². The predicted molar refractivity (Wildman–Crippen MR) is 82.3 cm³/mol. The number of amides is 1. The van der Waals surface area contributed by atoms with Crippen molar-refractivity contribution < 1.29 is 18.3 Å². The second kappa shape index (κ2) is 5.33. The number of anilines is 2. The number of carbonyl (C=O) groups excluding carboxylic acids is 1. The lowest BCUT2D eigenvalue weighted by Gasteiger charge is -2.30. The fourth-order valence-corrected chi connectivity index (χ4v) is 4.05. The van der Waals surface area contributed by atoms with Crippen LogP contribution in [0.2, 0.25) is 0 Å². The first kappa shape index (κ1) is 14.9. The molecule has 0 unspecified atom stereocenters. The van der Waals surface area contributed by atoms with E-state index in [0.717, 1.165) is 36.2 Å². The van der Waals surface area contributed by atoms with Gasteiger partial charge in [-0.25, -0.2) is 9.03 Å². The minimum absolute atomic E-state index is 0.145. The highest BCUT2D eigenvalue weighted by Crippen LogP contribution is 2.37. The number of hydrogen-bond acceptors (Lipinski definition) is 6. The quantitative estimate of drug-likeness (QED) is 0.664. The van der Waals surface area contributed by atoms with E-state index in [9.17, 15) is 18.3 Å². The molecule has 2 aliphatic rings. The SMILES string of the molecule is Cc1cc(N2CCNCC2)cc(O)c1N1CC(=O)NS1(=O)=O. The first-order valence-electron chi connectivity index (χ1n) is 7.01. The average molecular weight is 326 g/mol. The molecule has 0 spiro atoms. The molecular weight excluding hydrogens is 308 g/mol. The third-order valence-electron chi connectivity index (χ3n) is 3.82. The number of rotatable bonds is 2. The highest BCUT2D eigenvalue weighted by atomic mass is 32.2. The van der Waals surface area contributed by atoms with Gasteiger partial charge in [0, 0.05) is 37.9 Å². The summed E-state index contributed by atoms with van der Waals surface area (Å²) < 4.78 is 26.7. The lowest BCUT2D eigenvalue weighted by Crippen LogP contribution is -2.43. The van der Waals surface area contributed by atoms with Gasteiger partial charge in [-0.15, -0.1) is 0 Å². The van der Waals surface area contributed by atoms with Crippen molar-refractivity contribution >= 4 is 27.5 Å². The van der Waals surface area contributed by atoms with Gasteiger partial charge in [0.1, 0.15) is 12.3 Å². The number of phenols is 1. The number of nitrogens with zero attached hydrogens (tertiary/aromatic N) is 2. The number of phenolic OH excluding ortho intramolecular Hbond substituents is 1. The molecule has 3 N–H and O–H groups in total. The van der Waals surface area contributed by atoms with Gasteiger partial charge in [-0.1, -0.05) is 0 Å². The van der Waals surface area contributed by atoms with Crippen LogP contribution in [0.3, 0.4) is 0 Å². The maximum atomic E-state index is 11.9. The van der Waals surface area contributed by atoms with Crippen LogP contribution in [0.25, 0.3) is 0 Å². The number of piperazine rings is 1. The van der Waals surface area contributed by atoms with E-state index in [4.69, 9.17) is 0 Å². The summed E-state index contributed by atoms with van der Waals surface area (Å²) >= 11 is 0. The van der Waals surface area contributed by atoms with Gasteiger partial charge < -0.3 is 15.3 Å². The van der Waals surface area contributed by atoms with Gasteiger partial charge >= 0.3 is 10.2 Å². The Morgan fingerprint density at radius 2 is 1.91 bits per heavy atom. The minimum atomic E-state index is -3.92. The lowest BCUT2D eigenvalue weighted by molar-refractivity contribution is -0.117. The van der Waals surface area contributed by atoms with Crippen LogP contribution in [0, 0.1) is 6.92 Å². The van der Waals surface area contributed by atoms with Crippen molar-refractivity contribution in [2.75, 3.05) is 41.9 Å². The number of hydrogen-bond donors (Lipinski definition) is 3. The highest BCUT2D eigenvalue weighted by Gasteiger charge is 2.36. The van der Waals surface area contributed by atoms with E-state index < -0.39 is 16.1 Å².